The fourth-order valence-electron chi connectivity index (χ4n) is 3.75. The highest BCUT2D eigenvalue weighted by Gasteiger charge is 2.22. The smallest absolute Gasteiger partial charge is 0.255 e. The summed E-state index contributed by atoms with van der Waals surface area (Å²) in [5, 5.41) is 6.88. The van der Waals surface area contributed by atoms with Crippen LogP contribution in [0.5, 0.6) is 5.75 Å². The number of carbonyl (C=O) groups excluding carboxylic acids is 1. The van der Waals surface area contributed by atoms with Crippen LogP contribution >= 0.6 is 0 Å². The van der Waals surface area contributed by atoms with Crippen molar-refractivity contribution in [2.24, 2.45) is 0 Å². The highest BCUT2D eigenvalue weighted by Crippen LogP contribution is 2.35. The Labute approximate surface area is 179 Å². The number of aromatic nitrogens is 3. The Morgan fingerprint density at radius 3 is 2.68 bits per heavy atom. The first-order valence-corrected chi connectivity index (χ1v) is 10.5. The molecule has 0 radical (unpaired) electrons. The molecule has 0 bridgehead atoms. The summed E-state index contributed by atoms with van der Waals surface area (Å²) >= 11 is 0. The minimum atomic E-state index is -0.171. The number of amides is 1. The van der Waals surface area contributed by atoms with Gasteiger partial charge in [0.05, 0.1) is 22.3 Å². The van der Waals surface area contributed by atoms with E-state index in [2.05, 4.69) is 20.4 Å². The van der Waals surface area contributed by atoms with Gasteiger partial charge in [-0.2, -0.15) is 0 Å². The summed E-state index contributed by atoms with van der Waals surface area (Å²) in [4.78, 5) is 20.7. The molecule has 1 aliphatic rings. The molecule has 1 aliphatic carbocycles. The van der Waals surface area contributed by atoms with Crippen LogP contribution in [0.1, 0.15) is 58.4 Å². The molecule has 7 nitrogen and oxygen atoms in total. The standard InChI is InChI=1S/C24H24N4O3/c1-14-20(15(2)31-28-14)13-30-19-9-6-17(7-10-19)24(29)25-18-8-11-21-22(12-18)27-23(26-21)16-4-3-5-16/h6-12,16H,3-5,13H2,1-2H3,(H,25,29)(H,26,27). The Balaban J connectivity index is 1.23. The number of hydrogen-bond donors (Lipinski definition) is 2. The summed E-state index contributed by atoms with van der Waals surface area (Å²) in [6, 6.07) is 12.8. The molecule has 2 aromatic heterocycles. The first-order chi connectivity index (χ1) is 15.1. The third-order valence-electron chi connectivity index (χ3n) is 5.93. The number of nitrogens with zero attached hydrogens (tertiary/aromatic N) is 2. The van der Waals surface area contributed by atoms with Crippen LogP contribution in [0.4, 0.5) is 5.69 Å². The maximum Gasteiger partial charge on any atom is 0.255 e. The molecule has 0 unspecified atom stereocenters. The SMILES string of the molecule is Cc1noc(C)c1COc1ccc(C(=O)Nc2ccc3nc(C4CCC4)[nH]c3c2)cc1. The van der Waals surface area contributed by atoms with Gasteiger partial charge >= 0.3 is 0 Å². The van der Waals surface area contributed by atoms with E-state index >= 15 is 0 Å². The molecular formula is C24H24N4O3. The van der Waals surface area contributed by atoms with E-state index in [1.165, 1.54) is 19.3 Å². The number of anilines is 1. The Morgan fingerprint density at radius 1 is 1.19 bits per heavy atom. The topological polar surface area (TPSA) is 93.0 Å². The lowest BCUT2D eigenvalue weighted by molar-refractivity contribution is 0.102. The number of aryl methyl sites for hydroxylation is 2. The van der Waals surface area contributed by atoms with Crippen molar-refractivity contribution in [3.8, 4) is 5.75 Å². The van der Waals surface area contributed by atoms with E-state index in [0.29, 0.717) is 23.8 Å². The van der Waals surface area contributed by atoms with Crippen LogP contribution in [0.25, 0.3) is 11.0 Å². The molecule has 2 aromatic carbocycles. The Kier molecular flexibility index (Phi) is 4.94. The molecule has 1 saturated carbocycles. The van der Waals surface area contributed by atoms with Crippen LogP contribution < -0.4 is 10.1 Å². The van der Waals surface area contributed by atoms with Gasteiger partial charge in [0.25, 0.3) is 5.91 Å². The van der Waals surface area contributed by atoms with Crippen molar-refractivity contribution in [3.05, 3.63) is 70.9 Å². The lowest BCUT2D eigenvalue weighted by Crippen LogP contribution is -2.11. The number of aromatic amines is 1. The van der Waals surface area contributed by atoms with E-state index in [4.69, 9.17) is 9.26 Å². The average molecular weight is 416 g/mol. The number of imidazole rings is 1. The van der Waals surface area contributed by atoms with Crippen molar-refractivity contribution >= 4 is 22.6 Å². The lowest BCUT2D eigenvalue weighted by Gasteiger charge is -2.22. The summed E-state index contributed by atoms with van der Waals surface area (Å²) in [7, 11) is 0. The van der Waals surface area contributed by atoms with E-state index in [1.54, 1.807) is 24.3 Å². The number of carbonyl (C=O) groups is 1. The van der Waals surface area contributed by atoms with E-state index in [9.17, 15) is 4.79 Å². The first kappa shape index (κ1) is 19.4. The largest absolute Gasteiger partial charge is 0.489 e. The Morgan fingerprint density at radius 2 is 2.00 bits per heavy atom. The molecule has 0 spiro atoms. The van der Waals surface area contributed by atoms with Gasteiger partial charge in [0, 0.05) is 17.2 Å². The van der Waals surface area contributed by atoms with Gasteiger partial charge in [-0.25, -0.2) is 4.98 Å². The number of rotatable bonds is 6. The molecule has 0 atom stereocenters. The summed E-state index contributed by atoms with van der Waals surface area (Å²) < 4.78 is 11.0. The predicted molar refractivity (Wildman–Crippen MR) is 117 cm³/mol. The predicted octanol–water partition coefficient (Wildman–Crippen LogP) is 5.27. The van der Waals surface area contributed by atoms with Crippen molar-refractivity contribution in [3.63, 3.8) is 0 Å². The van der Waals surface area contributed by atoms with Crippen LogP contribution in [0.15, 0.2) is 47.0 Å². The van der Waals surface area contributed by atoms with Gasteiger partial charge in [-0.3, -0.25) is 4.79 Å². The molecule has 7 heteroatoms. The number of benzene rings is 2. The number of ether oxygens (including phenoxy) is 1. The third kappa shape index (κ3) is 3.91. The van der Waals surface area contributed by atoms with E-state index in [0.717, 1.165) is 39.6 Å². The zero-order chi connectivity index (χ0) is 21.4. The minimum absolute atomic E-state index is 0.171. The van der Waals surface area contributed by atoms with Gasteiger partial charge in [-0.15, -0.1) is 0 Å². The maximum atomic E-state index is 12.7. The van der Waals surface area contributed by atoms with Crippen molar-refractivity contribution in [1.29, 1.82) is 0 Å². The lowest BCUT2D eigenvalue weighted by atomic mass is 9.85. The summed E-state index contributed by atoms with van der Waals surface area (Å²) in [5.41, 5.74) is 4.94. The number of hydrogen-bond acceptors (Lipinski definition) is 5. The Bertz CT molecular complexity index is 1220. The highest BCUT2D eigenvalue weighted by molar-refractivity contribution is 6.05. The van der Waals surface area contributed by atoms with Crippen molar-refractivity contribution in [2.45, 2.75) is 45.6 Å². The van der Waals surface area contributed by atoms with Gasteiger partial charge < -0.3 is 19.6 Å². The monoisotopic (exact) mass is 416 g/mol. The maximum absolute atomic E-state index is 12.7. The second-order valence-corrected chi connectivity index (χ2v) is 8.05. The van der Waals surface area contributed by atoms with Crippen molar-refractivity contribution < 1.29 is 14.1 Å². The first-order valence-electron chi connectivity index (χ1n) is 10.5. The van der Waals surface area contributed by atoms with Crippen LogP contribution in [-0.4, -0.2) is 21.0 Å². The normalized spacial score (nSPS) is 13.9. The molecule has 31 heavy (non-hydrogen) atoms. The molecule has 0 saturated heterocycles. The molecule has 2 N–H and O–H groups in total. The fraction of sp³-hybridized carbons (Fsp3) is 0.292. The minimum Gasteiger partial charge on any atom is -0.489 e. The van der Waals surface area contributed by atoms with Gasteiger partial charge in [-0.1, -0.05) is 11.6 Å². The Hall–Kier alpha value is -3.61. The molecule has 2 heterocycles. The van der Waals surface area contributed by atoms with Gasteiger partial charge in [0.15, 0.2) is 0 Å². The number of fused-ring (bicyclic) bond motifs is 1. The molecular weight excluding hydrogens is 392 g/mol. The fourth-order valence-corrected chi connectivity index (χ4v) is 3.75. The second-order valence-electron chi connectivity index (χ2n) is 8.05. The third-order valence-corrected chi connectivity index (χ3v) is 5.93. The molecule has 158 valence electrons. The second kappa shape index (κ2) is 7.91. The molecule has 4 aromatic rings. The average Bonchev–Trinajstić information content (AvgIpc) is 3.27. The zero-order valence-electron chi connectivity index (χ0n) is 17.6. The molecule has 5 rings (SSSR count). The zero-order valence-corrected chi connectivity index (χ0v) is 17.6. The highest BCUT2D eigenvalue weighted by atomic mass is 16.5. The summed E-state index contributed by atoms with van der Waals surface area (Å²) in [6.07, 6.45) is 3.66. The van der Waals surface area contributed by atoms with Crippen LogP contribution in [0.3, 0.4) is 0 Å². The van der Waals surface area contributed by atoms with Crippen LogP contribution in [0, 0.1) is 13.8 Å². The van der Waals surface area contributed by atoms with Crippen molar-refractivity contribution in [1.82, 2.24) is 15.1 Å². The number of H-pyrrole nitrogens is 1. The summed E-state index contributed by atoms with van der Waals surface area (Å²) in [5.74, 6) is 2.86. The molecule has 0 aliphatic heterocycles. The van der Waals surface area contributed by atoms with Gasteiger partial charge in [-0.05, 0) is 69.2 Å². The van der Waals surface area contributed by atoms with E-state index in [1.807, 2.05) is 32.0 Å². The van der Waals surface area contributed by atoms with E-state index < -0.39 is 0 Å². The molecule has 1 amide bonds. The van der Waals surface area contributed by atoms with Gasteiger partial charge in [0.2, 0.25) is 0 Å². The number of nitrogens with one attached hydrogen (secondary N) is 2. The van der Waals surface area contributed by atoms with Gasteiger partial charge in [0.1, 0.15) is 23.9 Å². The van der Waals surface area contributed by atoms with Crippen molar-refractivity contribution in [2.75, 3.05) is 5.32 Å². The van der Waals surface area contributed by atoms with E-state index in [-0.39, 0.29) is 5.91 Å². The quantitative estimate of drug-likeness (QED) is 0.447. The van der Waals surface area contributed by atoms with Crippen LogP contribution in [-0.2, 0) is 6.61 Å². The van der Waals surface area contributed by atoms with Crippen LogP contribution in [0.2, 0.25) is 0 Å². The summed E-state index contributed by atoms with van der Waals surface area (Å²) in [6.45, 7) is 4.12. The molecule has 1 fully saturated rings.